The zero-order valence-electron chi connectivity index (χ0n) is 19.3. The van der Waals surface area contributed by atoms with E-state index in [0.717, 1.165) is 12.1 Å². The Labute approximate surface area is 217 Å². The van der Waals surface area contributed by atoms with Crippen LogP contribution in [0.2, 0.25) is 5.02 Å². The molecule has 2 aliphatic rings. The van der Waals surface area contributed by atoms with Crippen LogP contribution < -0.4 is 15.5 Å². The molecular formula is C25H18ClF5N4O3. The zero-order chi connectivity index (χ0) is 27.2. The minimum absolute atomic E-state index is 0.0167. The highest BCUT2D eigenvalue weighted by atomic mass is 35.5. The van der Waals surface area contributed by atoms with E-state index in [9.17, 15) is 31.5 Å². The van der Waals surface area contributed by atoms with Gasteiger partial charge in [-0.3, -0.25) is 9.59 Å². The highest BCUT2D eigenvalue weighted by molar-refractivity contribution is 6.31. The van der Waals surface area contributed by atoms with Gasteiger partial charge in [0.25, 0.3) is 11.8 Å². The van der Waals surface area contributed by atoms with Gasteiger partial charge in [0.15, 0.2) is 0 Å². The maximum Gasteiger partial charge on any atom is 0.416 e. The monoisotopic (exact) mass is 552 g/mol. The molecule has 198 valence electrons. The van der Waals surface area contributed by atoms with Crippen LogP contribution in [-0.2, 0) is 10.9 Å². The number of amides is 2. The molecule has 7 nitrogen and oxygen atoms in total. The van der Waals surface area contributed by atoms with Gasteiger partial charge in [0.2, 0.25) is 0 Å². The van der Waals surface area contributed by atoms with Crippen LogP contribution in [0, 0.1) is 11.6 Å². The number of alkyl halides is 3. The minimum Gasteiger partial charge on any atom is -0.378 e. The summed E-state index contributed by atoms with van der Waals surface area (Å²) in [6.45, 7) is 1.63. The summed E-state index contributed by atoms with van der Waals surface area (Å²) >= 11 is 6.28. The normalized spacial score (nSPS) is 17.3. The number of hydrogen-bond donors (Lipinski definition) is 2. The van der Waals surface area contributed by atoms with Crippen molar-refractivity contribution in [1.82, 2.24) is 10.3 Å². The quantitative estimate of drug-likeness (QED) is 0.447. The maximum atomic E-state index is 14.1. The molecule has 0 bridgehead atoms. The predicted octanol–water partition coefficient (Wildman–Crippen LogP) is 4.95. The maximum absolute atomic E-state index is 14.1. The number of carbonyl (C=O) groups is 2. The number of hydrogen-bond acceptors (Lipinski definition) is 5. The summed E-state index contributed by atoms with van der Waals surface area (Å²) in [5.41, 5.74) is -1.67. The summed E-state index contributed by atoms with van der Waals surface area (Å²) < 4.78 is 73.1. The minimum atomic E-state index is -4.88. The van der Waals surface area contributed by atoms with Crippen molar-refractivity contribution in [3.63, 3.8) is 0 Å². The number of aromatic nitrogens is 1. The molecule has 2 aliphatic heterocycles. The largest absolute Gasteiger partial charge is 0.416 e. The van der Waals surface area contributed by atoms with E-state index in [-0.39, 0.29) is 33.6 Å². The van der Waals surface area contributed by atoms with E-state index in [2.05, 4.69) is 15.6 Å². The van der Waals surface area contributed by atoms with Crippen molar-refractivity contribution in [1.29, 1.82) is 0 Å². The number of pyridine rings is 1. The van der Waals surface area contributed by atoms with Crippen LogP contribution in [0.25, 0.3) is 0 Å². The molecule has 1 saturated heterocycles. The van der Waals surface area contributed by atoms with Gasteiger partial charge < -0.3 is 20.3 Å². The second kappa shape index (κ2) is 9.84. The van der Waals surface area contributed by atoms with Crippen LogP contribution in [0.5, 0.6) is 0 Å². The summed E-state index contributed by atoms with van der Waals surface area (Å²) in [5, 5.41) is 5.29. The number of nitrogens with zero attached hydrogens (tertiary/aromatic N) is 2. The van der Waals surface area contributed by atoms with Crippen LogP contribution in [0.1, 0.15) is 43.6 Å². The third kappa shape index (κ3) is 5.01. The lowest BCUT2D eigenvalue weighted by Gasteiger charge is -2.29. The molecule has 1 fully saturated rings. The second-order valence-corrected chi connectivity index (χ2v) is 9.05. The number of morpholine rings is 1. The van der Waals surface area contributed by atoms with Gasteiger partial charge in [-0.15, -0.1) is 0 Å². The van der Waals surface area contributed by atoms with E-state index in [1.165, 1.54) is 12.1 Å². The standard InChI is InChI=1S/C25H18ClF5N4O3/c26-17-2-1-14(27)10-16(17)21-20-18(32-23(36)12-7-13(25(29,30)31)9-15(28)8-12)11-19(33-22(20)24(37)34-21)35-3-5-38-6-4-35/h1-2,7-11,21H,3-6H2,(H,34,37)(H,32,33,36). The van der Waals surface area contributed by atoms with E-state index in [4.69, 9.17) is 16.3 Å². The number of rotatable bonds is 4. The van der Waals surface area contributed by atoms with Crippen LogP contribution >= 0.6 is 11.6 Å². The third-order valence-electron chi connectivity index (χ3n) is 6.16. The molecule has 0 spiro atoms. The first-order chi connectivity index (χ1) is 18.0. The fourth-order valence-electron chi connectivity index (χ4n) is 4.38. The molecule has 1 aromatic heterocycles. The Hall–Kier alpha value is -3.77. The first-order valence-electron chi connectivity index (χ1n) is 11.3. The number of carbonyl (C=O) groups excluding carboxylic acids is 2. The highest BCUT2D eigenvalue weighted by Gasteiger charge is 2.37. The number of fused-ring (bicyclic) bond motifs is 1. The van der Waals surface area contributed by atoms with Crippen molar-refractivity contribution in [3.8, 4) is 0 Å². The molecule has 1 atom stereocenters. The summed E-state index contributed by atoms with van der Waals surface area (Å²) in [6.07, 6.45) is -4.88. The molecule has 3 aromatic rings. The zero-order valence-corrected chi connectivity index (χ0v) is 20.1. The molecule has 13 heteroatoms. The number of ether oxygens (including phenoxy) is 1. The van der Waals surface area contributed by atoms with E-state index in [1.54, 1.807) is 4.90 Å². The third-order valence-corrected chi connectivity index (χ3v) is 6.51. The number of nitrogens with one attached hydrogen (secondary N) is 2. The molecule has 3 heterocycles. The van der Waals surface area contributed by atoms with E-state index < -0.39 is 46.8 Å². The van der Waals surface area contributed by atoms with Crippen molar-refractivity contribution in [2.75, 3.05) is 36.5 Å². The van der Waals surface area contributed by atoms with Crippen LogP contribution in [0.15, 0.2) is 42.5 Å². The summed E-state index contributed by atoms with van der Waals surface area (Å²) in [5.74, 6) is -3.25. The van der Waals surface area contributed by atoms with Gasteiger partial charge in [0.05, 0.1) is 30.5 Å². The molecule has 2 aromatic carbocycles. The topological polar surface area (TPSA) is 83.6 Å². The lowest BCUT2D eigenvalue weighted by atomic mass is 9.98. The molecule has 0 saturated carbocycles. The lowest BCUT2D eigenvalue weighted by molar-refractivity contribution is -0.137. The van der Waals surface area contributed by atoms with Crippen molar-refractivity contribution in [2.24, 2.45) is 0 Å². The van der Waals surface area contributed by atoms with Gasteiger partial charge in [0.1, 0.15) is 23.1 Å². The average molecular weight is 553 g/mol. The van der Waals surface area contributed by atoms with Crippen LogP contribution in [-0.4, -0.2) is 43.1 Å². The Morgan fingerprint density at radius 2 is 1.82 bits per heavy atom. The van der Waals surface area contributed by atoms with Crippen LogP contribution in [0.3, 0.4) is 0 Å². The van der Waals surface area contributed by atoms with Gasteiger partial charge in [0, 0.05) is 40.9 Å². The molecular weight excluding hydrogens is 535 g/mol. The lowest BCUT2D eigenvalue weighted by Crippen LogP contribution is -2.37. The fourth-order valence-corrected chi connectivity index (χ4v) is 4.61. The van der Waals surface area contributed by atoms with Crippen molar-refractivity contribution in [2.45, 2.75) is 12.2 Å². The van der Waals surface area contributed by atoms with Gasteiger partial charge >= 0.3 is 6.18 Å². The molecule has 2 N–H and O–H groups in total. The fraction of sp³-hybridized carbons (Fsp3) is 0.240. The summed E-state index contributed by atoms with van der Waals surface area (Å²) in [7, 11) is 0. The smallest absolute Gasteiger partial charge is 0.378 e. The Balaban J connectivity index is 1.62. The molecule has 5 rings (SSSR count). The Kier molecular flexibility index (Phi) is 6.70. The Morgan fingerprint density at radius 1 is 1.08 bits per heavy atom. The van der Waals surface area contributed by atoms with Crippen molar-refractivity contribution in [3.05, 3.63) is 87.1 Å². The van der Waals surface area contributed by atoms with E-state index >= 15 is 0 Å². The van der Waals surface area contributed by atoms with Gasteiger partial charge in [-0.05, 0) is 36.4 Å². The Morgan fingerprint density at radius 3 is 2.53 bits per heavy atom. The number of halogens is 6. The molecule has 38 heavy (non-hydrogen) atoms. The molecule has 0 aliphatic carbocycles. The van der Waals surface area contributed by atoms with E-state index in [1.807, 2.05) is 0 Å². The average Bonchev–Trinajstić information content (AvgIpc) is 3.21. The van der Waals surface area contributed by atoms with Crippen molar-refractivity contribution < 1.29 is 36.3 Å². The predicted molar refractivity (Wildman–Crippen MR) is 127 cm³/mol. The number of benzene rings is 2. The van der Waals surface area contributed by atoms with Gasteiger partial charge in [-0.25, -0.2) is 13.8 Å². The first-order valence-corrected chi connectivity index (χ1v) is 11.7. The van der Waals surface area contributed by atoms with Gasteiger partial charge in [-0.2, -0.15) is 13.2 Å². The highest BCUT2D eigenvalue weighted by Crippen LogP contribution is 2.40. The van der Waals surface area contributed by atoms with Crippen LogP contribution in [0.4, 0.5) is 33.5 Å². The van der Waals surface area contributed by atoms with Crippen molar-refractivity contribution >= 4 is 34.9 Å². The van der Waals surface area contributed by atoms with E-state index in [0.29, 0.717) is 44.3 Å². The molecule has 1 unspecified atom stereocenters. The van der Waals surface area contributed by atoms with Gasteiger partial charge in [-0.1, -0.05) is 11.6 Å². The summed E-state index contributed by atoms with van der Waals surface area (Å²) in [4.78, 5) is 32.3. The molecule has 0 radical (unpaired) electrons. The Bertz CT molecular complexity index is 1440. The first kappa shape index (κ1) is 25.9. The number of anilines is 2. The second-order valence-electron chi connectivity index (χ2n) is 8.64. The summed E-state index contributed by atoms with van der Waals surface area (Å²) in [6, 6.07) is 5.44. The SMILES string of the molecule is O=C(Nc1cc(N2CCOCC2)nc2c1C(c1cc(F)ccc1Cl)NC2=O)c1cc(F)cc(C(F)(F)F)c1. The molecule has 2 amide bonds.